The lowest BCUT2D eigenvalue weighted by Crippen LogP contribution is -1.96. The molecule has 1 aromatic carbocycles. The van der Waals surface area contributed by atoms with Crippen LogP contribution in [0.15, 0.2) is 18.2 Å². The average Bonchev–Trinajstić information content (AvgIpc) is 2.59. The molecule has 0 aliphatic heterocycles. The molecule has 0 radical (unpaired) electrons. The van der Waals surface area contributed by atoms with E-state index in [1.54, 1.807) is 6.92 Å². The zero-order valence-electron chi connectivity index (χ0n) is 8.84. The van der Waals surface area contributed by atoms with Crippen LogP contribution in [0.2, 0.25) is 0 Å². The Morgan fingerprint density at radius 1 is 1.50 bits per heavy atom. The lowest BCUT2D eigenvalue weighted by atomic mass is 9.96. The number of hydrogen-bond donors (Lipinski definition) is 0. The van der Waals surface area contributed by atoms with Gasteiger partial charge in [0.1, 0.15) is 0 Å². The minimum absolute atomic E-state index is 0.176. The summed E-state index contributed by atoms with van der Waals surface area (Å²) in [6.07, 6.45) is 3.63. The lowest BCUT2D eigenvalue weighted by Gasteiger charge is -2.08. The Morgan fingerprint density at radius 3 is 2.93 bits per heavy atom. The molecule has 0 bridgehead atoms. The summed E-state index contributed by atoms with van der Waals surface area (Å²) in [6.45, 7) is 3.86. The predicted molar refractivity (Wildman–Crippen MR) is 57.8 cm³/mol. The van der Waals surface area contributed by atoms with Gasteiger partial charge in [0.15, 0.2) is 5.78 Å². The molecule has 1 aliphatic carbocycles. The SMILES string of the molecule is CC[C@@H]1CCc2ccc(C(C)=O)cc21. The first-order valence-corrected chi connectivity index (χ1v) is 5.36. The number of rotatable bonds is 2. The lowest BCUT2D eigenvalue weighted by molar-refractivity contribution is 0.101. The number of ketones is 1. The second-order valence-electron chi connectivity index (χ2n) is 4.11. The van der Waals surface area contributed by atoms with Gasteiger partial charge in [-0.05, 0) is 49.3 Å². The largest absolute Gasteiger partial charge is 0.295 e. The van der Waals surface area contributed by atoms with E-state index in [0.29, 0.717) is 5.92 Å². The van der Waals surface area contributed by atoms with E-state index in [9.17, 15) is 4.79 Å². The third kappa shape index (κ3) is 1.47. The smallest absolute Gasteiger partial charge is 0.159 e. The number of carbonyl (C=O) groups is 1. The van der Waals surface area contributed by atoms with E-state index in [-0.39, 0.29) is 5.78 Å². The number of hydrogen-bond acceptors (Lipinski definition) is 1. The first kappa shape index (κ1) is 9.45. The Labute approximate surface area is 85.1 Å². The van der Waals surface area contributed by atoms with Crippen LogP contribution in [0.3, 0.4) is 0 Å². The number of benzene rings is 1. The average molecular weight is 188 g/mol. The van der Waals surface area contributed by atoms with E-state index in [2.05, 4.69) is 19.1 Å². The van der Waals surface area contributed by atoms with Crippen molar-refractivity contribution in [3.8, 4) is 0 Å². The number of Topliss-reactive ketones (excluding diaryl/α,β-unsaturated/α-hetero) is 1. The Balaban J connectivity index is 2.42. The molecule has 0 heterocycles. The first-order chi connectivity index (χ1) is 6.72. The maximum atomic E-state index is 11.2. The van der Waals surface area contributed by atoms with Gasteiger partial charge in [-0.15, -0.1) is 0 Å². The minimum atomic E-state index is 0.176. The molecule has 1 atom stereocenters. The number of carbonyl (C=O) groups excluding carboxylic acids is 1. The Morgan fingerprint density at radius 2 is 2.29 bits per heavy atom. The Hall–Kier alpha value is -1.11. The van der Waals surface area contributed by atoms with Gasteiger partial charge in [-0.1, -0.05) is 19.1 Å². The van der Waals surface area contributed by atoms with Gasteiger partial charge in [0.2, 0.25) is 0 Å². The molecule has 1 aromatic rings. The molecule has 0 N–H and O–H groups in total. The van der Waals surface area contributed by atoms with Crippen molar-refractivity contribution in [1.82, 2.24) is 0 Å². The fraction of sp³-hybridized carbons (Fsp3) is 0.462. The van der Waals surface area contributed by atoms with Crippen LogP contribution in [-0.4, -0.2) is 5.78 Å². The van der Waals surface area contributed by atoms with Gasteiger partial charge in [-0.3, -0.25) is 4.79 Å². The molecular weight excluding hydrogens is 172 g/mol. The van der Waals surface area contributed by atoms with Crippen molar-refractivity contribution in [2.75, 3.05) is 0 Å². The van der Waals surface area contributed by atoms with Crippen molar-refractivity contribution in [2.45, 2.75) is 39.0 Å². The highest BCUT2D eigenvalue weighted by atomic mass is 16.1. The standard InChI is InChI=1S/C13H16O/c1-3-10-4-5-11-6-7-12(9(2)14)8-13(10)11/h6-8,10H,3-5H2,1-2H3/t10-/m1/s1. The van der Waals surface area contributed by atoms with Crippen molar-refractivity contribution in [3.63, 3.8) is 0 Å². The van der Waals surface area contributed by atoms with Crippen LogP contribution in [0, 0.1) is 0 Å². The monoisotopic (exact) mass is 188 g/mol. The maximum Gasteiger partial charge on any atom is 0.159 e. The predicted octanol–water partition coefficient (Wildman–Crippen LogP) is 3.33. The fourth-order valence-electron chi connectivity index (χ4n) is 2.33. The quantitative estimate of drug-likeness (QED) is 0.651. The highest BCUT2D eigenvalue weighted by molar-refractivity contribution is 5.94. The summed E-state index contributed by atoms with van der Waals surface area (Å²) in [4.78, 5) is 11.2. The van der Waals surface area contributed by atoms with Crippen LogP contribution in [0.4, 0.5) is 0 Å². The van der Waals surface area contributed by atoms with E-state index < -0.39 is 0 Å². The minimum Gasteiger partial charge on any atom is -0.295 e. The molecule has 0 spiro atoms. The topological polar surface area (TPSA) is 17.1 Å². The van der Waals surface area contributed by atoms with Crippen molar-refractivity contribution >= 4 is 5.78 Å². The van der Waals surface area contributed by atoms with E-state index in [0.717, 1.165) is 5.56 Å². The second kappa shape index (κ2) is 3.56. The van der Waals surface area contributed by atoms with Gasteiger partial charge in [-0.25, -0.2) is 0 Å². The van der Waals surface area contributed by atoms with Crippen molar-refractivity contribution in [3.05, 3.63) is 34.9 Å². The molecule has 14 heavy (non-hydrogen) atoms. The van der Waals surface area contributed by atoms with Gasteiger partial charge in [0.05, 0.1) is 0 Å². The highest BCUT2D eigenvalue weighted by Crippen LogP contribution is 2.35. The molecule has 2 rings (SSSR count). The summed E-state index contributed by atoms with van der Waals surface area (Å²) in [6, 6.07) is 6.18. The summed E-state index contributed by atoms with van der Waals surface area (Å²) >= 11 is 0. The fourth-order valence-corrected chi connectivity index (χ4v) is 2.33. The van der Waals surface area contributed by atoms with Gasteiger partial charge in [-0.2, -0.15) is 0 Å². The third-order valence-electron chi connectivity index (χ3n) is 3.25. The van der Waals surface area contributed by atoms with E-state index in [1.807, 2.05) is 6.07 Å². The molecule has 1 aliphatic rings. The summed E-state index contributed by atoms with van der Waals surface area (Å²) in [5, 5.41) is 0. The molecular formula is C13H16O. The number of aryl methyl sites for hydroxylation is 1. The van der Waals surface area contributed by atoms with Crippen molar-refractivity contribution < 1.29 is 4.79 Å². The third-order valence-corrected chi connectivity index (χ3v) is 3.25. The molecule has 0 aromatic heterocycles. The van der Waals surface area contributed by atoms with Gasteiger partial charge < -0.3 is 0 Å². The normalized spacial score (nSPS) is 19.4. The van der Waals surface area contributed by atoms with Crippen LogP contribution < -0.4 is 0 Å². The zero-order chi connectivity index (χ0) is 10.1. The van der Waals surface area contributed by atoms with Crippen LogP contribution >= 0.6 is 0 Å². The molecule has 0 fully saturated rings. The maximum absolute atomic E-state index is 11.2. The summed E-state index contributed by atoms with van der Waals surface area (Å²) in [7, 11) is 0. The van der Waals surface area contributed by atoms with Gasteiger partial charge >= 0.3 is 0 Å². The second-order valence-corrected chi connectivity index (χ2v) is 4.11. The molecule has 0 saturated heterocycles. The Bertz CT molecular complexity index is 365. The van der Waals surface area contributed by atoms with Crippen LogP contribution in [0.1, 0.15) is 54.1 Å². The first-order valence-electron chi connectivity index (χ1n) is 5.36. The van der Waals surface area contributed by atoms with Crippen molar-refractivity contribution in [2.24, 2.45) is 0 Å². The van der Waals surface area contributed by atoms with Crippen molar-refractivity contribution in [1.29, 1.82) is 0 Å². The zero-order valence-corrected chi connectivity index (χ0v) is 8.84. The molecule has 0 saturated carbocycles. The molecule has 74 valence electrons. The summed E-state index contributed by atoms with van der Waals surface area (Å²) < 4.78 is 0. The van der Waals surface area contributed by atoms with Crippen LogP contribution in [-0.2, 0) is 6.42 Å². The van der Waals surface area contributed by atoms with Gasteiger partial charge in [0, 0.05) is 5.56 Å². The van der Waals surface area contributed by atoms with Crippen LogP contribution in [0.25, 0.3) is 0 Å². The van der Waals surface area contributed by atoms with Gasteiger partial charge in [0.25, 0.3) is 0 Å². The number of fused-ring (bicyclic) bond motifs is 1. The van der Waals surface area contributed by atoms with Crippen LogP contribution in [0.5, 0.6) is 0 Å². The van der Waals surface area contributed by atoms with E-state index in [4.69, 9.17) is 0 Å². The summed E-state index contributed by atoms with van der Waals surface area (Å²) in [5.74, 6) is 0.860. The molecule has 0 amide bonds. The summed E-state index contributed by atoms with van der Waals surface area (Å²) in [5.41, 5.74) is 3.73. The molecule has 1 nitrogen and oxygen atoms in total. The molecule has 0 unspecified atom stereocenters. The Kier molecular flexibility index (Phi) is 2.40. The van der Waals surface area contributed by atoms with E-state index >= 15 is 0 Å². The molecule has 1 heteroatoms. The van der Waals surface area contributed by atoms with E-state index in [1.165, 1.54) is 30.4 Å². The highest BCUT2D eigenvalue weighted by Gasteiger charge is 2.21.